The normalized spacial score (nSPS) is 12.0. The van der Waals surface area contributed by atoms with Gasteiger partial charge in [-0.15, -0.1) is 0 Å². The van der Waals surface area contributed by atoms with Gasteiger partial charge in [-0.05, 0) is 31.0 Å². The number of benzene rings is 1. The molecule has 108 valence electrons. The van der Waals surface area contributed by atoms with Crippen LogP contribution in [0.15, 0.2) is 24.7 Å². The summed E-state index contributed by atoms with van der Waals surface area (Å²) in [6, 6.07) is 3.69. The maximum Gasteiger partial charge on any atom is 0.434 e. The van der Waals surface area contributed by atoms with Crippen LogP contribution in [0.2, 0.25) is 0 Å². The highest BCUT2D eigenvalue weighted by Crippen LogP contribution is 2.34. The van der Waals surface area contributed by atoms with Crippen molar-refractivity contribution in [3.63, 3.8) is 0 Å². The van der Waals surface area contributed by atoms with Crippen molar-refractivity contribution >= 4 is 11.0 Å². The molecule has 7 heteroatoms. The summed E-state index contributed by atoms with van der Waals surface area (Å²) in [5.74, 6) is 0.117. The molecule has 0 aliphatic rings. The van der Waals surface area contributed by atoms with Crippen molar-refractivity contribution in [3.8, 4) is 11.4 Å². The minimum atomic E-state index is -4.55. The monoisotopic (exact) mass is 292 g/mol. The van der Waals surface area contributed by atoms with E-state index in [1.165, 1.54) is 0 Å². The number of aryl methyl sites for hydroxylation is 2. The first-order valence-electron chi connectivity index (χ1n) is 6.21. The fourth-order valence-electron chi connectivity index (χ4n) is 2.17. The van der Waals surface area contributed by atoms with E-state index in [1.807, 2.05) is 19.9 Å². The Labute approximate surface area is 118 Å². The number of alkyl halides is 3. The molecule has 1 aromatic carbocycles. The second-order valence-corrected chi connectivity index (χ2v) is 4.77. The van der Waals surface area contributed by atoms with Gasteiger partial charge in [0.25, 0.3) is 0 Å². The molecule has 0 saturated heterocycles. The highest BCUT2D eigenvalue weighted by atomic mass is 19.4. The molecule has 0 radical (unpaired) electrons. The van der Waals surface area contributed by atoms with Crippen LogP contribution in [-0.4, -0.2) is 19.9 Å². The second kappa shape index (κ2) is 4.54. The average Bonchev–Trinajstić information content (AvgIpc) is 2.87. The topological polar surface area (TPSA) is 54.5 Å². The number of nitrogens with one attached hydrogen (secondary N) is 1. The summed E-state index contributed by atoms with van der Waals surface area (Å²) in [6.45, 7) is 3.81. The summed E-state index contributed by atoms with van der Waals surface area (Å²) >= 11 is 0. The average molecular weight is 292 g/mol. The highest BCUT2D eigenvalue weighted by molar-refractivity contribution is 5.83. The lowest BCUT2D eigenvalue weighted by Gasteiger charge is -2.08. The van der Waals surface area contributed by atoms with Gasteiger partial charge in [-0.3, -0.25) is 0 Å². The van der Waals surface area contributed by atoms with Gasteiger partial charge in [0.15, 0.2) is 5.69 Å². The Morgan fingerprint density at radius 1 is 1.14 bits per heavy atom. The van der Waals surface area contributed by atoms with Crippen molar-refractivity contribution in [1.29, 1.82) is 0 Å². The quantitative estimate of drug-likeness (QED) is 0.744. The number of H-pyrrole nitrogens is 1. The first-order valence-corrected chi connectivity index (χ1v) is 6.21. The van der Waals surface area contributed by atoms with Gasteiger partial charge in [-0.1, -0.05) is 6.07 Å². The van der Waals surface area contributed by atoms with Crippen LogP contribution in [0.4, 0.5) is 13.2 Å². The molecular weight excluding hydrogens is 281 g/mol. The Morgan fingerprint density at radius 2 is 1.90 bits per heavy atom. The van der Waals surface area contributed by atoms with Crippen molar-refractivity contribution in [2.75, 3.05) is 0 Å². The molecule has 0 amide bonds. The number of hydrogen-bond donors (Lipinski definition) is 1. The molecule has 3 rings (SSSR count). The summed E-state index contributed by atoms with van der Waals surface area (Å²) in [7, 11) is 0. The molecule has 0 fully saturated rings. The zero-order valence-corrected chi connectivity index (χ0v) is 11.3. The summed E-state index contributed by atoms with van der Waals surface area (Å²) in [4.78, 5) is 14.2. The third-order valence-corrected chi connectivity index (χ3v) is 3.41. The molecular formula is C14H11F3N4. The van der Waals surface area contributed by atoms with Crippen LogP contribution in [0.25, 0.3) is 22.4 Å². The minimum absolute atomic E-state index is 0.117. The number of rotatable bonds is 1. The van der Waals surface area contributed by atoms with Crippen LogP contribution in [0.1, 0.15) is 16.8 Å². The second-order valence-electron chi connectivity index (χ2n) is 4.77. The van der Waals surface area contributed by atoms with E-state index in [0.29, 0.717) is 11.0 Å². The van der Waals surface area contributed by atoms with E-state index in [4.69, 9.17) is 0 Å². The Balaban J connectivity index is 2.25. The smallest absolute Gasteiger partial charge is 0.338 e. The molecule has 0 spiro atoms. The molecule has 0 aliphatic heterocycles. The van der Waals surface area contributed by atoms with Gasteiger partial charge in [0.2, 0.25) is 0 Å². The number of nitrogens with zero attached hydrogens (tertiary/aromatic N) is 3. The molecule has 3 aromatic rings. The Hall–Kier alpha value is -2.44. The third kappa shape index (κ3) is 2.24. The van der Waals surface area contributed by atoms with Crippen LogP contribution >= 0.6 is 0 Å². The van der Waals surface area contributed by atoms with E-state index >= 15 is 0 Å². The number of fused-ring (bicyclic) bond motifs is 1. The predicted molar refractivity (Wildman–Crippen MR) is 71.6 cm³/mol. The Bertz CT molecular complexity index is 821. The van der Waals surface area contributed by atoms with Gasteiger partial charge in [0.1, 0.15) is 12.2 Å². The van der Waals surface area contributed by atoms with Crippen LogP contribution in [0.3, 0.4) is 0 Å². The Kier molecular flexibility index (Phi) is 2.93. The lowest BCUT2D eigenvalue weighted by molar-refractivity contribution is -0.140. The van der Waals surface area contributed by atoms with Crippen LogP contribution in [0.5, 0.6) is 0 Å². The number of aromatic amines is 1. The molecule has 0 saturated carbocycles. The standard InChI is InChI=1S/C14H11F3N4/c1-7-3-4-10-11(8(7)2)21-13(20-10)9-5-18-6-19-12(9)14(15,16)17/h3-6H,1-2H3,(H,20,21). The summed E-state index contributed by atoms with van der Waals surface area (Å²) < 4.78 is 39.0. The number of imidazole rings is 1. The largest absolute Gasteiger partial charge is 0.434 e. The van der Waals surface area contributed by atoms with Crippen LogP contribution in [-0.2, 0) is 6.18 Å². The van der Waals surface area contributed by atoms with Crippen molar-refractivity contribution in [3.05, 3.63) is 41.5 Å². The fraction of sp³-hybridized carbons (Fsp3) is 0.214. The minimum Gasteiger partial charge on any atom is -0.338 e. The zero-order valence-electron chi connectivity index (χ0n) is 11.3. The van der Waals surface area contributed by atoms with Gasteiger partial charge in [-0.25, -0.2) is 15.0 Å². The number of aromatic nitrogens is 4. The molecule has 0 aliphatic carbocycles. The van der Waals surface area contributed by atoms with Crippen molar-refractivity contribution in [2.24, 2.45) is 0 Å². The molecule has 1 N–H and O–H groups in total. The van der Waals surface area contributed by atoms with Crippen molar-refractivity contribution < 1.29 is 13.2 Å². The van der Waals surface area contributed by atoms with Gasteiger partial charge >= 0.3 is 6.18 Å². The maximum atomic E-state index is 13.0. The summed E-state index contributed by atoms with van der Waals surface area (Å²) in [5.41, 5.74) is 2.15. The molecule has 4 nitrogen and oxygen atoms in total. The van der Waals surface area contributed by atoms with Crippen LogP contribution in [0, 0.1) is 13.8 Å². The first-order chi connectivity index (χ1) is 9.88. The fourth-order valence-corrected chi connectivity index (χ4v) is 2.17. The number of hydrogen-bond acceptors (Lipinski definition) is 3. The zero-order chi connectivity index (χ0) is 15.2. The molecule has 0 unspecified atom stereocenters. The molecule has 2 heterocycles. The Morgan fingerprint density at radius 3 is 2.62 bits per heavy atom. The van der Waals surface area contributed by atoms with E-state index in [2.05, 4.69) is 19.9 Å². The van der Waals surface area contributed by atoms with E-state index in [1.54, 1.807) is 6.07 Å². The van der Waals surface area contributed by atoms with Gasteiger partial charge < -0.3 is 4.98 Å². The molecule has 0 bridgehead atoms. The van der Waals surface area contributed by atoms with E-state index in [-0.39, 0.29) is 11.4 Å². The maximum absolute atomic E-state index is 13.0. The van der Waals surface area contributed by atoms with E-state index in [0.717, 1.165) is 23.7 Å². The first kappa shape index (κ1) is 13.5. The third-order valence-electron chi connectivity index (χ3n) is 3.41. The number of halogens is 3. The molecule has 0 atom stereocenters. The summed E-state index contributed by atoms with van der Waals surface area (Å²) in [5, 5.41) is 0. The SMILES string of the molecule is Cc1ccc2[nH]c(-c3cncnc3C(F)(F)F)nc2c1C. The van der Waals surface area contributed by atoms with Gasteiger partial charge in [-0.2, -0.15) is 13.2 Å². The molecule has 2 aromatic heterocycles. The van der Waals surface area contributed by atoms with Crippen molar-refractivity contribution in [1.82, 2.24) is 19.9 Å². The van der Waals surface area contributed by atoms with Crippen LogP contribution < -0.4 is 0 Å². The lowest BCUT2D eigenvalue weighted by Crippen LogP contribution is -2.10. The van der Waals surface area contributed by atoms with E-state index in [9.17, 15) is 13.2 Å². The highest BCUT2D eigenvalue weighted by Gasteiger charge is 2.36. The lowest BCUT2D eigenvalue weighted by atomic mass is 10.1. The molecule has 21 heavy (non-hydrogen) atoms. The van der Waals surface area contributed by atoms with Gasteiger partial charge in [0.05, 0.1) is 16.6 Å². The van der Waals surface area contributed by atoms with E-state index < -0.39 is 11.9 Å². The predicted octanol–water partition coefficient (Wildman–Crippen LogP) is 3.66. The van der Waals surface area contributed by atoms with Gasteiger partial charge in [0, 0.05) is 6.20 Å². The van der Waals surface area contributed by atoms with Crippen molar-refractivity contribution in [2.45, 2.75) is 20.0 Å². The summed E-state index contributed by atoms with van der Waals surface area (Å²) in [6.07, 6.45) is -2.55.